The van der Waals surface area contributed by atoms with Crippen LogP contribution in [0.3, 0.4) is 0 Å². The van der Waals surface area contributed by atoms with E-state index >= 15 is 0 Å². The van der Waals surface area contributed by atoms with Crippen LogP contribution >= 0.6 is 0 Å². The second-order valence-electron chi connectivity index (χ2n) is 8.26. The van der Waals surface area contributed by atoms with Gasteiger partial charge in [0.1, 0.15) is 11.6 Å². The van der Waals surface area contributed by atoms with Gasteiger partial charge in [-0.25, -0.2) is 9.78 Å². The Balaban J connectivity index is 1.27. The fourth-order valence-electron chi connectivity index (χ4n) is 3.75. The molecule has 3 aromatic rings. The standard InChI is InChI=1S/C25H21F6N3O2/c26-24(27,28)19-5-1-17(2-6-19)15-18-3-8-21(9-4-18)36-23(35)34-13-11-33(12-14-34)22-10-7-20(16-32-22)25(29,30)31/h1-10,16H,11-15H2. The first-order valence-corrected chi connectivity index (χ1v) is 11.0. The number of piperazine rings is 1. The molecule has 0 saturated carbocycles. The van der Waals surface area contributed by atoms with E-state index in [2.05, 4.69) is 4.98 Å². The van der Waals surface area contributed by atoms with Gasteiger partial charge >= 0.3 is 18.4 Å². The minimum Gasteiger partial charge on any atom is -0.410 e. The zero-order valence-corrected chi connectivity index (χ0v) is 18.8. The average molecular weight is 509 g/mol. The van der Waals surface area contributed by atoms with E-state index in [-0.39, 0.29) is 0 Å². The molecule has 1 aliphatic rings. The molecule has 2 aromatic carbocycles. The largest absolute Gasteiger partial charge is 0.417 e. The lowest BCUT2D eigenvalue weighted by atomic mass is 10.0. The molecule has 5 nitrogen and oxygen atoms in total. The number of hydrogen-bond donors (Lipinski definition) is 0. The fourth-order valence-corrected chi connectivity index (χ4v) is 3.75. The summed E-state index contributed by atoms with van der Waals surface area (Å²) in [5.74, 6) is 0.725. The van der Waals surface area contributed by atoms with Crippen LogP contribution in [0.1, 0.15) is 22.3 Å². The number of pyridine rings is 1. The molecular formula is C25H21F6N3O2. The molecule has 0 spiro atoms. The number of carbonyl (C=O) groups excluding carboxylic acids is 1. The first-order chi connectivity index (χ1) is 17.0. The first kappa shape index (κ1) is 25.3. The summed E-state index contributed by atoms with van der Waals surface area (Å²) in [5.41, 5.74) is 0.0316. The van der Waals surface area contributed by atoms with Gasteiger partial charge in [0, 0.05) is 32.4 Å². The van der Waals surface area contributed by atoms with Gasteiger partial charge in [-0.05, 0) is 53.9 Å². The number of halogens is 6. The summed E-state index contributed by atoms with van der Waals surface area (Å²) < 4.78 is 81.6. The second kappa shape index (κ2) is 10.1. The molecule has 0 aliphatic carbocycles. The van der Waals surface area contributed by atoms with Gasteiger partial charge in [-0.1, -0.05) is 24.3 Å². The highest BCUT2D eigenvalue weighted by molar-refractivity contribution is 5.71. The molecule has 1 fully saturated rings. The number of ether oxygens (including phenoxy) is 1. The van der Waals surface area contributed by atoms with Crippen LogP contribution in [0.15, 0.2) is 66.9 Å². The predicted octanol–water partition coefficient (Wildman–Crippen LogP) is 6.03. The molecule has 1 amide bonds. The summed E-state index contributed by atoms with van der Waals surface area (Å²) in [6.45, 7) is 1.40. The van der Waals surface area contributed by atoms with Crippen LogP contribution in [0.2, 0.25) is 0 Å². The second-order valence-corrected chi connectivity index (χ2v) is 8.26. The molecule has 1 saturated heterocycles. The van der Waals surface area contributed by atoms with Gasteiger partial charge in [0.15, 0.2) is 0 Å². The predicted molar refractivity (Wildman–Crippen MR) is 120 cm³/mol. The van der Waals surface area contributed by atoms with E-state index in [9.17, 15) is 31.1 Å². The van der Waals surface area contributed by atoms with Crippen molar-refractivity contribution in [3.8, 4) is 5.75 Å². The topological polar surface area (TPSA) is 45.7 Å². The number of rotatable bonds is 4. The highest BCUT2D eigenvalue weighted by Gasteiger charge is 2.31. The maximum absolute atomic E-state index is 12.7. The molecule has 0 N–H and O–H groups in total. The van der Waals surface area contributed by atoms with Gasteiger partial charge in [0.05, 0.1) is 11.1 Å². The summed E-state index contributed by atoms with van der Waals surface area (Å²) in [6.07, 6.45) is -8.17. The Morgan fingerprint density at radius 3 is 1.78 bits per heavy atom. The Hall–Kier alpha value is -3.76. The van der Waals surface area contributed by atoms with Gasteiger partial charge in [-0.15, -0.1) is 0 Å². The number of benzene rings is 2. The molecule has 11 heteroatoms. The summed E-state index contributed by atoms with van der Waals surface area (Å²) in [7, 11) is 0. The fraction of sp³-hybridized carbons (Fsp3) is 0.280. The number of aromatic nitrogens is 1. The Bertz CT molecular complexity index is 1170. The number of hydrogen-bond acceptors (Lipinski definition) is 4. The van der Waals surface area contributed by atoms with E-state index in [1.165, 1.54) is 23.1 Å². The monoisotopic (exact) mass is 509 g/mol. The summed E-state index contributed by atoms with van der Waals surface area (Å²) in [4.78, 5) is 19.7. The summed E-state index contributed by atoms with van der Waals surface area (Å²) in [5, 5.41) is 0. The van der Waals surface area contributed by atoms with Gasteiger partial charge in [-0.2, -0.15) is 26.3 Å². The average Bonchev–Trinajstić information content (AvgIpc) is 2.85. The third-order valence-corrected chi connectivity index (χ3v) is 5.76. The normalized spacial score (nSPS) is 14.6. The highest BCUT2D eigenvalue weighted by Crippen LogP contribution is 2.30. The van der Waals surface area contributed by atoms with Crippen LogP contribution < -0.4 is 9.64 Å². The van der Waals surface area contributed by atoms with Gasteiger partial charge in [0.25, 0.3) is 0 Å². The number of alkyl halides is 6. The lowest BCUT2D eigenvalue weighted by Crippen LogP contribution is -2.49. The SMILES string of the molecule is O=C(Oc1ccc(Cc2ccc(C(F)(F)F)cc2)cc1)N1CCN(c2ccc(C(F)(F)F)cn2)CC1. The molecule has 36 heavy (non-hydrogen) atoms. The molecule has 0 bridgehead atoms. The van der Waals surface area contributed by atoms with E-state index < -0.39 is 29.6 Å². The molecule has 2 heterocycles. The van der Waals surface area contributed by atoms with Crippen molar-refractivity contribution in [3.63, 3.8) is 0 Å². The smallest absolute Gasteiger partial charge is 0.410 e. The van der Waals surface area contributed by atoms with E-state index in [0.29, 0.717) is 49.7 Å². The number of anilines is 1. The van der Waals surface area contributed by atoms with Gasteiger partial charge in [0.2, 0.25) is 0 Å². The lowest BCUT2D eigenvalue weighted by molar-refractivity contribution is -0.138. The lowest BCUT2D eigenvalue weighted by Gasteiger charge is -2.34. The van der Waals surface area contributed by atoms with Crippen molar-refractivity contribution in [3.05, 3.63) is 89.1 Å². The van der Waals surface area contributed by atoms with Crippen molar-refractivity contribution in [2.24, 2.45) is 0 Å². The first-order valence-electron chi connectivity index (χ1n) is 11.0. The van der Waals surface area contributed by atoms with Crippen molar-refractivity contribution < 1.29 is 35.9 Å². The van der Waals surface area contributed by atoms with E-state index in [1.807, 2.05) is 0 Å². The summed E-state index contributed by atoms with van der Waals surface area (Å²) in [6, 6.07) is 13.9. The molecule has 0 unspecified atom stereocenters. The Labute approximate surface area is 202 Å². The maximum atomic E-state index is 12.7. The molecule has 0 atom stereocenters. The summed E-state index contributed by atoms with van der Waals surface area (Å²) >= 11 is 0. The Morgan fingerprint density at radius 1 is 0.750 bits per heavy atom. The van der Waals surface area contributed by atoms with Gasteiger partial charge in [-0.3, -0.25) is 0 Å². The van der Waals surface area contributed by atoms with Gasteiger partial charge < -0.3 is 14.5 Å². The molecule has 1 aromatic heterocycles. The van der Waals surface area contributed by atoms with Crippen LogP contribution in [-0.2, 0) is 18.8 Å². The van der Waals surface area contributed by atoms with Crippen LogP contribution in [-0.4, -0.2) is 42.2 Å². The van der Waals surface area contributed by atoms with Crippen molar-refractivity contribution >= 4 is 11.9 Å². The molecule has 0 radical (unpaired) electrons. The zero-order chi connectivity index (χ0) is 25.9. The Morgan fingerprint density at radius 2 is 1.28 bits per heavy atom. The molecule has 190 valence electrons. The Kier molecular flexibility index (Phi) is 7.09. The van der Waals surface area contributed by atoms with Crippen LogP contribution in [0.4, 0.5) is 37.0 Å². The molecule has 1 aliphatic heterocycles. The quantitative estimate of drug-likeness (QED) is 0.403. The minimum absolute atomic E-state index is 0.313. The van der Waals surface area contributed by atoms with E-state index in [4.69, 9.17) is 4.74 Å². The van der Waals surface area contributed by atoms with Crippen LogP contribution in [0.5, 0.6) is 5.75 Å². The molecular weight excluding hydrogens is 488 g/mol. The number of amides is 1. The zero-order valence-electron chi connectivity index (χ0n) is 18.8. The van der Waals surface area contributed by atoms with Crippen LogP contribution in [0.25, 0.3) is 0 Å². The van der Waals surface area contributed by atoms with Crippen molar-refractivity contribution in [1.29, 1.82) is 0 Å². The highest BCUT2D eigenvalue weighted by atomic mass is 19.4. The molecule has 4 rings (SSSR count). The van der Waals surface area contributed by atoms with E-state index in [1.54, 1.807) is 29.2 Å². The van der Waals surface area contributed by atoms with Crippen molar-refractivity contribution in [2.75, 3.05) is 31.1 Å². The minimum atomic E-state index is -4.45. The van der Waals surface area contributed by atoms with Crippen molar-refractivity contribution in [1.82, 2.24) is 9.88 Å². The van der Waals surface area contributed by atoms with Crippen molar-refractivity contribution in [2.45, 2.75) is 18.8 Å². The maximum Gasteiger partial charge on any atom is 0.417 e. The van der Waals surface area contributed by atoms with E-state index in [0.717, 1.165) is 30.0 Å². The number of carbonyl (C=O) groups is 1. The van der Waals surface area contributed by atoms with Crippen LogP contribution in [0, 0.1) is 0 Å². The third-order valence-electron chi connectivity index (χ3n) is 5.76. The number of nitrogens with zero attached hydrogens (tertiary/aromatic N) is 3. The third kappa shape index (κ3) is 6.27.